The Hall–Kier alpha value is -4.94. The van der Waals surface area contributed by atoms with Crippen molar-refractivity contribution in [3.8, 4) is 39.5 Å². The highest BCUT2D eigenvalue weighted by atomic mass is 32.1. The molecule has 0 unspecified atom stereocenters. The van der Waals surface area contributed by atoms with Crippen molar-refractivity contribution in [3.63, 3.8) is 0 Å². The first kappa shape index (κ1) is 30.1. The number of hydrogen-bond acceptors (Lipinski definition) is 7. The standard InChI is InChI=1S/C33H29F2N5O4S/c1-4-27(41)37-17(2)24-16-25(40-39-24)31-29(28-23(35)14-20(34)15-26(28)44-11-10-43-3)32-22(8-12-45-32)30(38-31)19-5-6-21-18(13-19)7-9-36-33(21)42/h4-6,8,12-17H,1,7,9-11H2,2-3H3,(H,36,42)(H,37,41)(H,39,40)/t17-/m1/s1. The maximum atomic E-state index is 15.9. The number of nitrogens with one attached hydrogen (secondary N) is 3. The number of fused-ring (bicyclic) bond motifs is 2. The van der Waals surface area contributed by atoms with E-state index >= 15 is 4.39 Å². The number of rotatable bonds is 10. The fourth-order valence-electron chi connectivity index (χ4n) is 5.41. The van der Waals surface area contributed by atoms with Gasteiger partial charge in [0.1, 0.15) is 35.4 Å². The molecule has 6 rings (SSSR count). The van der Waals surface area contributed by atoms with Gasteiger partial charge in [-0.05, 0) is 54.6 Å². The normalized spacial score (nSPS) is 13.3. The van der Waals surface area contributed by atoms with Crippen LogP contribution in [0.1, 0.15) is 34.6 Å². The van der Waals surface area contributed by atoms with Gasteiger partial charge in [0.15, 0.2) is 0 Å². The molecule has 0 aliphatic carbocycles. The van der Waals surface area contributed by atoms with Gasteiger partial charge in [-0.3, -0.25) is 14.7 Å². The molecule has 1 aliphatic heterocycles. The average Bonchev–Trinajstić information content (AvgIpc) is 3.72. The first-order chi connectivity index (χ1) is 21.8. The van der Waals surface area contributed by atoms with Crippen LogP contribution in [0.5, 0.6) is 5.75 Å². The number of aromatic amines is 1. The summed E-state index contributed by atoms with van der Waals surface area (Å²) in [6.07, 6.45) is 1.85. The number of carbonyl (C=O) groups is 2. The van der Waals surface area contributed by atoms with Crippen molar-refractivity contribution in [1.29, 1.82) is 0 Å². The van der Waals surface area contributed by atoms with E-state index in [0.29, 0.717) is 51.6 Å². The summed E-state index contributed by atoms with van der Waals surface area (Å²) in [5, 5.41) is 15.7. The summed E-state index contributed by atoms with van der Waals surface area (Å²) in [6, 6.07) is 10.7. The van der Waals surface area contributed by atoms with Crippen LogP contribution in [0.2, 0.25) is 0 Å². The van der Waals surface area contributed by atoms with Gasteiger partial charge in [0.25, 0.3) is 5.91 Å². The van der Waals surface area contributed by atoms with E-state index in [0.717, 1.165) is 28.6 Å². The summed E-state index contributed by atoms with van der Waals surface area (Å²) in [5.74, 6) is -2.09. The summed E-state index contributed by atoms with van der Waals surface area (Å²) in [4.78, 5) is 29.5. The summed E-state index contributed by atoms with van der Waals surface area (Å²) in [6.45, 7) is 6.09. The molecule has 0 fully saturated rings. The minimum absolute atomic E-state index is 0.00258. The third-order valence-electron chi connectivity index (χ3n) is 7.58. The van der Waals surface area contributed by atoms with Crippen molar-refractivity contribution in [1.82, 2.24) is 25.8 Å². The van der Waals surface area contributed by atoms with Crippen LogP contribution in [0.3, 0.4) is 0 Å². The number of pyridine rings is 1. The van der Waals surface area contributed by atoms with Gasteiger partial charge in [0.05, 0.1) is 29.6 Å². The first-order valence-corrected chi connectivity index (χ1v) is 15.1. The largest absolute Gasteiger partial charge is 0.490 e. The monoisotopic (exact) mass is 629 g/mol. The number of H-pyrrole nitrogens is 1. The molecule has 1 atom stereocenters. The second kappa shape index (κ2) is 12.6. The lowest BCUT2D eigenvalue weighted by Gasteiger charge is -2.19. The molecule has 3 aromatic heterocycles. The van der Waals surface area contributed by atoms with Gasteiger partial charge in [0.2, 0.25) is 5.91 Å². The lowest BCUT2D eigenvalue weighted by atomic mass is 9.93. The zero-order chi connectivity index (χ0) is 31.7. The molecule has 3 N–H and O–H groups in total. The molecule has 1 aliphatic rings. The predicted octanol–water partition coefficient (Wildman–Crippen LogP) is 5.97. The minimum atomic E-state index is -0.824. The van der Waals surface area contributed by atoms with E-state index in [1.165, 1.54) is 24.5 Å². The maximum absolute atomic E-state index is 15.9. The Labute approximate surface area is 261 Å². The summed E-state index contributed by atoms with van der Waals surface area (Å²) < 4.78 is 42.1. The molecule has 0 radical (unpaired) electrons. The lowest BCUT2D eigenvalue weighted by Crippen LogP contribution is -2.31. The topological polar surface area (TPSA) is 118 Å². The second-order valence-corrected chi connectivity index (χ2v) is 11.4. The zero-order valence-electron chi connectivity index (χ0n) is 24.5. The number of benzene rings is 2. The Morgan fingerprint density at radius 1 is 1.16 bits per heavy atom. The van der Waals surface area contributed by atoms with Crippen LogP contribution in [0, 0.1) is 11.6 Å². The number of nitrogens with zero attached hydrogens (tertiary/aromatic N) is 2. The number of amides is 2. The highest BCUT2D eigenvalue weighted by molar-refractivity contribution is 7.18. The predicted molar refractivity (Wildman–Crippen MR) is 168 cm³/mol. The fourth-order valence-corrected chi connectivity index (χ4v) is 6.36. The van der Waals surface area contributed by atoms with E-state index in [2.05, 4.69) is 27.4 Å². The fraction of sp³-hybridized carbons (Fsp3) is 0.212. The minimum Gasteiger partial charge on any atom is -0.490 e. The average molecular weight is 630 g/mol. The molecule has 2 amide bonds. The van der Waals surface area contributed by atoms with Crippen LogP contribution in [0.15, 0.2) is 60.5 Å². The van der Waals surface area contributed by atoms with Crippen molar-refractivity contribution < 1.29 is 27.8 Å². The number of methoxy groups -OCH3 is 1. The van der Waals surface area contributed by atoms with Gasteiger partial charge >= 0.3 is 0 Å². The Balaban J connectivity index is 1.60. The maximum Gasteiger partial charge on any atom is 0.251 e. The Morgan fingerprint density at radius 2 is 2.00 bits per heavy atom. The molecule has 0 saturated carbocycles. The SMILES string of the molecule is C=CC(=O)N[C@H](C)c1cc(-c2nc(-c3ccc4c(c3)CCNC4=O)c3ccsc3c2-c2c(F)cc(F)cc2OCCOC)n[nH]1. The summed E-state index contributed by atoms with van der Waals surface area (Å²) in [5.41, 5.74) is 4.60. The molecular weight excluding hydrogens is 600 g/mol. The molecule has 2 aromatic carbocycles. The molecule has 12 heteroatoms. The van der Waals surface area contributed by atoms with E-state index < -0.39 is 17.7 Å². The van der Waals surface area contributed by atoms with Crippen LogP contribution in [0.4, 0.5) is 8.78 Å². The quantitative estimate of drug-likeness (QED) is 0.129. The Kier molecular flexibility index (Phi) is 8.42. The first-order valence-electron chi connectivity index (χ1n) is 14.2. The zero-order valence-corrected chi connectivity index (χ0v) is 25.3. The molecule has 4 heterocycles. The van der Waals surface area contributed by atoms with Gasteiger partial charge in [-0.25, -0.2) is 13.8 Å². The number of hydrogen-bond donors (Lipinski definition) is 3. The van der Waals surface area contributed by atoms with Crippen molar-refractivity contribution in [2.45, 2.75) is 19.4 Å². The van der Waals surface area contributed by atoms with Crippen molar-refractivity contribution in [2.24, 2.45) is 0 Å². The van der Waals surface area contributed by atoms with E-state index in [4.69, 9.17) is 14.5 Å². The number of ether oxygens (including phenoxy) is 2. The third kappa shape index (κ3) is 5.81. The highest BCUT2D eigenvalue weighted by Gasteiger charge is 2.27. The van der Waals surface area contributed by atoms with Crippen LogP contribution >= 0.6 is 11.3 Å². The Bertz CT molecular complexity index is 1950. The molecule has 230 valence electrons. The van der Waals surface area contributed by atoms with Gasteiger partial charge in [-0.2, -0.15) is 5.10 Å². The number of aromatic nitrogens is 3. The highest BCUT2D eigenvalue weighted by Crippen LogP contribution is 2.47. The third-order valence-corrected chi connectivity index (χ3v) is 8.51. The molecule has 0 saturated heterocycles. The van der Waals surface area contributed by atoms with E-state index in [9.17, 15) is 14.0 Å². The molecule has 9 nitrogen and oxygen atoms in total. The smallest absolute Gasteiger partial charge is 0.251 e. The van der Waals surface area contributed by atoms with Crippen LogP contribution in [-0.4, -0.2) is 53.9 Å². The molecule has 45 heavy (non-hydrogen) atoms. The molecule has 0 spiro atoms. The van der Waals surface area contributed by atoms with Crippen molar-refractivity contribution in [2.75, 3.05) is 26.9 Å². The van der Waals surface area contributed by atoms with Crippen LogP contribution < -0.4 is 15.4 Å². The van der Waals surface area contributed by atoms with Gasteiger partial charge in [-0.15, -0.1) is 11.3 Å². The molecular formula is C33H29F2N5O4S. The van der Waals surface area contributed by atoms with Gasteiger partial charge < -0.3 is 20.1 Å². The molecule has 0 bridgehead atoms. The summed E-state index contributed by atoms with van der Waals surface area (Å²) >= 11 is 1.38. The van der Waals surface area contributed by atoms with Crippen LogP contribution in [0.25, 0.3) is 43.9 Å². The second-order valence-electron chi connectivity index (χ2n) is 10.5. The number of thiophene rings is 1. The van der Waals surface area contributed by atoms with Gasteiger partial charge in [-0.1, -0.05) is 12.6 Å². The number of carbonyl (C=O) groups excluding carboxylic acids is 2. The Morgan fingerprint density at radius 3 is 2.80 bits per heavy atom. The van der Waals surface area contributed by atoms with Crippen molar-refractivity contribution in [3.05, 3.63) is 89.0 Å². The van der Waals surface area contributed by atoms with E-state index in [1.807, 2.05) is 23.6 Å². The van der Waals surface area contributed by atoms with E-state index in [1.54, 1.807) is 19.1 Å². The van der Waals surface area contributed by atoms with Crippen LogP contribution in [-0.2, 0) is 16.0 Å². The van der Waals surface area contributed by atoms with Gasteiger partial charge in [0, 0.05) is 52.6 Å². The van der Waals surface area contributed by atoms with Crippen molar-refractivity contribution >= 4 is 33.2 Å². The molecule has 5 aromatic rings. The summed E-state index contributed by atoms with van der Waals surface area (Å²) in [7, 11) is 1.51. The lowest BCUT2D eigenvalue weighted by molar-refractivity contribution is -0.117. The number of halogens is 2. The van der Waals surface area contributed by atoms with E-state index in [-0.39, 0.29) is 36.3 Å².